The SMILES string of the molecule is CC(C)n1c(Sc2cccc(F)c2[C@H](C)N)n[nH]c1=O. The zero-order chi connectivity index (χ0) is 14.9. The molecule has 0 aliphatic rings. The van der Waals surface area contributed by atoms with E-state index in [0.29, 0.717) is 15.6 Å². The van der Waals surface area contributed by atoms with E-state index in [1.165, 1.54) is 22.4 Å². The van der Waals surface area contributed by atoms with Crippen molar-refractivity contribution in [2.75, 3.05) is 0 Å². The summed E-state index contributed by atoms with van der Waals surface area (Å²) in [6, 6.07) is 4.31. The molecule has 1 aromatic carbocycles. The van der Waals surface area contributed by atoms with E-state index in [-0.39, 0.29) is 17.5 Å². The van der Waals surface area contributed by atoms with Gasteiger partial charge in [0.1, 0.15) is 5.82 Å². The van der Waals surface area contributed by atoms with Crippen LogP contribution in [-0.4, -0.2) is 14.8 Å². The van der Waals surface area contributed by atoms with Gasteiger partial charge in [-0.25, -0.2) is 14.3 Å². The van der Waals surface area contributed by atoms with Gasteiger partial charge in [-0.2, -0.15) is 0 Å². The Labute approximate surface area is 120 Å². The Balaban J connectivity index is 2.46. The highest BCUT2D eigenvalue weighted by molar-refractivity contribution is 7.99. The first-order valence-electron chi connectivity index (χ1n) is 6.30. The fraction of sp³-hybridized carbons (Fsp3) is 0.385. The Kier molecular flexibility index (Phi) is 4.29. The van der Waals surface area contributed by atoms with E-state index < -0.39 is 6.04 Å². The normalized spacial score (nSPS) is 12.9. The Morgan fingerprint density at radius 2 is 2.10 bits per heavy atom. The van der Waals surface area contributed by atoms with E-state index in [4.69, 9.17) is 5.73 Å². The molecule has 1 atom stereocenters. The van der Waals surface area contributed by atoms with Crippen molar-refractivity contribution in [3.8, 4) is 0 Å². The van der Waals surface area contributed by atoms with Crippen molar-refractivity contribution in [2.45, 2.75) is 42.9 Å². The Hall–Kier alpha value is -1.60. The maximum absolute atomic E-state index is 13.9. The van der Waals surface area contributed by atoms with Crippen LogP contribution in [0.5, 0.6) is 0 Å². The molecule has 0 bridgehead atoms. The maximum Gasteiger partial charge on any atom is 0.344 e. The molecule has 0 saturated heterocycles. The Bertz CT molecular complexity index is 663. The lowest BCUT2D eigenvalue weighted by molar-refractivity contribution is 0.533. The summed E-state index contributed by atoms with van der Waals surface area (Å²) < 4.78 is 15.4. The molecule has 20 heavy (non-hydrogen) atoms. The van der Waals surface area contributed by atoms with Gasteiger partial charge in [-0.15, -0.1) is 5.10 Å². The number of nitrogens with one attached hydrogen (secondary N) is 1. The smallest absolute Gasteiger partial charge is 0.324 e. The quantitative estimate of drug-likeness (QED) is 0.908. The van der Waals surface area contributed by atoms with Crippen LogP contribution in [0.3, 0.4) is 0 Å². The van der Waals surface area contributed by atoms with Gasteiger partial charge in [0.25, 0.3) is 0 Å². The lowest BCUT2D eigenvalue weighted by Gasteiger charge is -2.14. The van der Waals surface area contributed by atoms with Gasteiger partial charge in [0.2, 0.25) is 0 Å². The molecule has 1 aromatic heterocycles. The van der Waals surface area contributed by atoms with E-state index in [2.05, 4.69) is 10.2 Å². The van der Waals surface area contributed by atoms with Crippen LogP contribution in [-0.2, 0) is 0 Å². The van der Waals surface area contributed by atoms with Crippen molar-refractivity contribution >= 4 is 11.8 Å². The fourth-order valence-corrected chi connectivity index (χ4v) is 3.18. The van der Waals surface area contributed by atoms with Gasteiger partial charge in [0, 0.05) is 22.5 Å². The summed E-state index contributed by atoms with van der Waals surface area (Å²) >= 11 is 1.23. The number of rotatable bonds is 4. The van der Waals surface area contributed by atoms with Crippen LogP contribution in [0.1, 0.15) is 38.4 Å². The van der Waals surface area contributed by atoms with Crippen LogP contribution in [0.4, 0.5) is 4.39 Å². The summed E-state index contributed by atoms with van der Waals surface area (Å²) in [4.78, 5) is 12.4. The maximum atomic E-state index is 13.9. The monoisotopic (exact) mass is 296 g/mol. The molecular formula is C13H17FN4OS. The predicted octanol–water partition coefficient (Wildman–Crippen LogP) is 2.46. The second-order valence-corrected chi connectivity index (χ2v) is 5.83. The molecule has 108 valence electrons. The molecule has 5 nitrogen and oxygen atoms in total. The summed E-state index contributed by atoms with van der Waals surface area (Å²) in [6.45, 7) is 5.50. The van der Waals surface area contributed by atoms with Crippen molar-refractivity contribution in [3.63, 3.8) is 0 Å². The summed E-state index contributed by atoms with van der Waals surface area (Å²) in [5.41, 5.74) is 5.98. The molecule has 0 fully saturated rings. The fourth-order valence-electron chi connectivity index (χ4n) is 1.96. The third-order valence-electron chi connectivity index (χ3n) is 2.86. The zero-order valence-corrected chi connectivity index (χ0v) is 12.4. The van der Waals surface area contributed by atoms with Crippen molar-refractivity contribution in [1.82, 2.24) is 14.8 Å². The Morgan fingerprint density at radius 1 is 1.40 bits per heavy atom. The number of benzene rings is 1. The van der Waals surface area contributed by atoms with Crippen LogP contribution in [0.25, 0.3) is 0 Å². The molecule has 0 aliphatic carbocycles. The van der Waals surface area contributed by atoms with E-state index in [1.807, 2.05) is 13.8 Å². The third-order valence-corrected chi connectivity index (χ3v) is 3.90. The van der Waals surface area contributed by atoms with Crippen LogP contribution in [0, 0.1) is 5.82 Å². The van der Waals surface area contributed by atoms with Crippen LogP contribution < -0.4 is 11.4 Å². The number of halogens is 1. The van der Waals surface area contributed by atoms with Gasteiger partial charge in [-0.1, -0.05) is 6.07 Å². The minimum absolute atomic E-state index is 0.0314. The molecule has 7 heteroatoms. The van der Waals surface area contributed by atoms with Gasteiger partial charge in [0.05, 0.1) is 0 Å². The average Bonchev–Trinajstić information content (AvgIpc) is 2.70. The standard InChI is InChI=1S/C13H17FN4OS/c1-7(2)18-12(19)16-17-13(18)20-10-6-4-5-9(14)11(10)8(3)15/h4-8H,15H2,1-3H3,(H,16,19)/t8-/m0/s1. The molecule has 3 N–H and O–H groups in total. The van der Waals surface area contributed by atoms with Gasteiger partial charge >= 0.3 is 5.69 Å². The lowest BCUT2D eigenvalue weighted by Crippen LogP contribution is -2.19. The molecule has 0 aliphatic heterocycles. The number of aromatic nitrogens is 3. The minimum Gasteiger partial charge on any atom is -0.324 e. The van der Waals surface area contributed by atoms with Gasteiger partial charge in [0.15, 0.2) is 5.16 Å². The molecule has 0 amide bonds. The van der Waals surface area contributed by atoms with Crippen molar-refractivity contribution in [2.24, 2.45) is 5.73 Å². The van der Waals surface area contributed by atoms with Gasteiger partial charge in [-0.3, -0.25) is 4.57 Å². The van der Waals surface area contributed by atoms with Crippen LogP contribution in [0.2, 0.25) is 0 Å². The molecule has 0 unspecified atom stereocenters. The van der Waals surface area contributed by atoms with E-state index in [1.54, 1.807) is 19.1 Å². The summed E-state index contributed by atoms with van der Waals surface area (Å²) in [6.07, 6.45) is 0. The number of aromatic amines is 1. The first kappa shape index (κ1) is 14.8. The van der Waals surface area contributed by atoms with E-state index in [9.17, 15) is 9.18 Å². The first-order valence-corrected chi connectivity index (χ1v) is 7.12. The van der Waals surface area contributed by atoms with E-state index in [0.717, 1.165) is 0 Å². The first-order chi connectivity index (χ1) is 9.41. The number of H-pyrrole nitrogens is 1. The van der Waals surface area contributed by atoms with E-state index >= 15 is 0 Å². The largest absolute Gasteiger partial charge is 0.344 e. The van der Waals surface area contributed by atoms with Crippen molar-refractivity contribution in [3.05, 3.63) is 40.1 Å². The number of hydrogen-bond acceptors (Lipinski definition) is 4. The lowest BCUT2D eigenvalue weighted by atomic mass is 10.1. The van der Waals surface area contributed by atoms with Crippen LogP contribution >= 0.6 is 11.8 Å². The molecule has 1 heterocycles. The molecule has 2 rings (SSSR count). The van der Waals surface area contributed by atoms with Gasteiger partial charge < -0.3 is 5.73 Å². The average molecular weight is 296 g/mol. The zero-order valence-electron chi connectivity index (χ0n) is 11.6. The topological polar surface area (TPSA) is 76.7 Å². The molecule has 0 saturated carbocycles. The second kappa shape index (κ2) is 5.80. The minimum atomic E-state index is -0.433. The van der Waals surface area contributed by atoms with Crippen LogP contribution in [0.15, 0.2) is 33.0 Å². The van der Waals surface area contributed by atoms with Crippen molar-refractivity contribution < 1.29 is 4.39 Å². The predicted molar refractivity (Wildman–Crippen MR) is 76.4 cm³/mol. The highest BCUT2D eigenvalue weighted by Crippen LogP contribution is 2.33. The molecule has 2 aromatic rings. The summed E-state index contributed by atoms with van der Waals surface area (Å²) in [5, 5.41) is 6.90. The van der Waals surface area contributed by atoms with Crippen molar-refractivity contribution in [1.29, 1.82) is 0 Å². The third kappa shape index (κ3) is 2.78. The van der Waals surface area contributed by atoms with Gasteiger partial charge in [-0.05, 0) is 44.7 Å². The molecule has 0 spiro atoms. The summed E-state index contributed by atoms with van der Waals surface area (Å²) in [7, 11) is 0. The number of nitrogens with two attached hydrogens (primary N) is 1. The second-order valence-electron chi connectivity index (χ2n) is 4.82. The number of nitrogens with zero attached hydrogens (tertiary/aromatic N) is 2. The highest BCUT2D eigenvalue weighted by Gasteiger charge is 2.18. The highest BCUT2D eigenvalue weighted by atomic mass is 32.2. The Morgan fingerprint density at radius 3 is 2.70 bits per heavy atom. The molecule has 0 radical (unpaired) electrons. The number of hydrogen-bond donors (Lipinski definition) is 2. The summed E-state index contributed by atoms with van der Waals surface area (Å²) in [5.74, 6) is -0.348. The molecular weight excluding hydrogens is 279 g/mol.